The third-order valence-corrected chi connectivity index (χ3v) is 3.82. The highest BCUT2D eigenvalue weighted by Crippen LogP contribution is 2.29. The molecule has 0 spiro atoms. The lowest BCUT2D eigenvalue weighted by molar-refractivity contribution is 0.355. The summed E-state index contributed by atoms with van der Waals surface area (Å²) in [6, 6.07) is 14.1. The van der Waals surface area contributed by atoms with Crippen LogP contribution in [0.1, 0.15) is 18.1 Å². The summed E-state index contributed by atoms with van der Waals surface area (Å²) in [5.41, 5.74) is 3.49. The summed E-state index contributed by atoms with van der Waals surface area (Å²) in [6.45, 7) is 2.88. The van der Waals surface area contributed by atoms with Crippen LogP contribution in [-0.2, 0) is 13.0 Å². The Labute approximate surface area is 143 Å². The van der Waals surface area contributed by atoms with Crippen molar-refractivity contribution in [3.05, 3.63) is 53.6 Å². The van der Waals surface area contributed by atoms with E-state index in [-0.39, 0.29) is 0 Å². The maximum atomic E-state index is 5.33. The zero-order valence-corrected chi connectivity index (χ0v) is 14.7. The van der Waals surface area contributed by atoms with Gasteiger partial charge in [0.25, 0.3) is 0 Å². The number of hydrogen-bond acceptors (Lipinski definition) is 3. The number of methoxy groups -OCH3 is 2. The molecule has 24 heavy (non-hydrogen) atoms. The lowest BCUT2D eigenvalue weighted by atomic mass is 10.1. The fourth-order valence-corrected chi connectivity index (χ4v) is 2.48. The molecule has 0 aliphatic carbocycles. The fourth-order valence-electron chi connectivity index (χ4n) is 2.48. The van der Waals surface area contributed by atoms with Crippen molar-refractivity contribution >= 4 is 11.6 Å². The molecule has 5 nitrogen and oxygen atoms in total. The number of rotatable bonds is 6. The van der Waals surface area contributed by atoms with Crippen LogP contribution < -0.4 is 20.1 Å². The number of aryl methyl sites for hydroxylation is 1. The van der Waals surface area contributed by atoms with Gasteiger partial charge in [0.15, 0.2) is 17.5 Å². The number of guanidine groups is 1. The molecule has 0 aliphatic heterocycles. The number of benzene rings is 2. The highest BCUT2D eigenvalue weighted by molar-refractivity contribution is 5.93. The topological polar surface area (TPSA) is 54.9 Å². The Morgan fingerprint density at radius 3 is 2.33 bits per heavy atom. The van der Waals surface area contributed by atoms with E-state index < -0.39 is 0 Å². The Kier molecular flexibility index (Phi) is 6.49. The minimum Gasteiger partial charge on any atom is -0.493 e. The Morgan fingerprint density at radius 2 is 1.71 bits per heavy atom. The van der Waals surface area contributed by atoms with E-state index in [2.05, 4.69) is 46.8 Å². The van der Waals surface area contributed by atoms with Gasteiger partial charge in [-0.3, -0.25) is 4.99 Å². The molecule has 0 amide bonds. The molecular weight excluding hydrogens is 302 g/mol. The molecule has 0 unspecified atom stereocenters. The van der Waals surface area contributed by atoms with Gasteiger partial charge in [0.1, 0.15) is 0 Å². The second-order valence-electron chi connectivity index (χ2n) is 5.24. The van der Waals surface area contributed by atoms with E-state index in [1.165, 1.54) is 11.1 Å². The Balaban J connectivity index is 2.05. The molecule has 2 rings (SSSR count). The zero-order valence-electron chi connectivity index (χ0n) is 14.7. The molecule has 2 N–H and O–H groups in total. The minimum atomic E-state index is 0.675. The molecule has 0 saturated carbocycles. The Morgan fingerprint density at radius 1 is 1.00 bits per heavy atom. The minimum absolute atomic E-state index is 0.675. The second-order valence-corrected chi connectivity index (χ2v) is 5.24. The second kappa shape index (κ2) is 8.82. The number of nitrogens with one attached hydrogen (secondary N) is 2. The van der Waals surface area contributed by atoms with Gasteiger partial charge in [0, 0.05) is 25.3 Å². The number of anilines is 1. The first kappa shape index (κ1) is 17.7. The van der Waals surface area contributed by atoms with Crippen molar-refractivity contribution < 1.29 is 9.47 Å². The van der Waals surface area contributed by atoms with Crippen molar-refractivity contribution in [2.24, 2.45) is 4.99 Å². The fraction of sp³-hybridized carbons (Fsp3) is 0.316. The van der Waals surface area contributed by atoms with E-state index >= 15 is 0 Å². The van der Waals surface area contributed by atoms with Gasteiger partial charge in [-0.2, -0.15) is 0 Å². The van der Waals surface area contributed by atoms with Gasteiger partial charge < -0.3 is 20.1 Å². The van der Waals surface area contributed by atoms with E-state index in [4.69, 9.17) is 9.47 Å². The van der Waals surface area contributed by atoms with Gasteiger partial charge in [0.05, 0.1) is 14.2 Å². The van der Waals surface area contributed by atoms with E-state index in [0.29, 0.717) is 17.5 Å². The molecule has 2 aromatic carbocycles. The van der Waals surface area contributed by atoms with Crippen molar-refractivity contribution in [3.63, 3.8) is 0 Å². The molecular formula is C19H25N3O2. The van der Waals surface area contributed by atoms with Crippen LogP contribution >= 0.6 is 0 Å². The summed E-state index contributed by atoms with van der Waals surface area (Å²) in [4.78, 5) is 4.27. The molecule has 5 heteroatoms. The summed E-state index contributed by atoms with van der Waals surface area (Å²) >= 11 is 0. The first-order chi connectivity index (χ1) is 11.7. The van der Waals surface area contributed by atoms with E-state index in [1.807, 2.05) is 18.2 Å². The van der Waals surface area contributed by atoms with Crippen molar-refractivity contribution in [1.82, 2.24) is 5.32 Å². The van der Waals surface area contributed by atoms with Crippen molar-refractivity contribution in [2.45, 2.75) is 19.9 Å². The van der Waals surface area contributed by atoms with Crippen molar-refractivity contribution in [1.29, 1.82) is 0 Å². The van der Waals surface area contributed by atoms with E-state index in [9.17, 15) is 0 Å². The average Bonchev–Trinajstić information content (AvgIpc) is 2.65. The van der Waals surface area contributed by atoms with E-state index in [1.54, 1.807) is 21.3 Å². The monoisotopic (exact) mass is 327 g/mol. The van der Waals surface area contributed by atoms with Gasteiger partial charge in [-0.05, 0) is 29.7 Å². The van der Waals surface area contributed by atoms with Crippen LogP contribution in [0.15, 0.2) is 47.5 Å². The molecule has 0 bridgehead atoms. The summed E-state index contributed by atoms with van der Waals surface area (Å²) in [5, 5.41) is 6.61. The summed E-state index contributed by atoms with van der Waals surface area (Å²) in [5.74, 6) is 2.07. The highest BCUT2D eigenvalue weighted by atomic mass is 16.5. The first-order valence-corrected chi connectivity index (χ1v) is 7.98. The van der Waals surface area contributed by atoms with Crippen LogP contribution in [0.5, 0.6) is 11.5 Å². The van der Waals surface area contributed by atoms with Gasteiger partial charge >= 0.3 is 0 Å². The highest BCUT2D eigenvalue weighted by Gasteiger charge is 2.07. The maximum Gasteiger partial charge on any atom is 0.195 e. The number of hydrogen-bond donors (Lipinski definition) is 2. The summed E-state index contributed by atoms with van der Waals surface area (Å²) in [7, 11) is 4.99. The van der Waals surface area contributed by atoms with Crippen LogP contribution in [-0.4, -0.2) is 27.2 Å². The molecule has 0 aromatic heterocycles. The van der Waals surface area contributed by atoms with Crippen molar-refractivity contribution in [2.75, 3.05) is 26.6 Å². The largest absolute Gasteiger partial charge is 0.493 e. The first-order valence-electron chi connectivity index (χ1n) is 7.98. The van der Waals surface area contributed by atoms with Gasteiger partial charge in [-0.25, -0.2) is 0 Å². The molecule has 0 aliphatic rings. The lowest BCUT2D eigenvalue weighted by Gasteiger charge is -2.15. The molecule has 0 atom stereocenters. The molecule has 2 aromatic rings. The molecule has 128 valence electrons. The molecule has 0 heterocycles. The maximum absolute atomic E-state index is 5.33. The standard InChI is InChI=1S/C19H25N3O2/c1-5-14-8-6-7-9-15(14)13-21-19(20-2)22-16-10-11-17(23-3)18(12-16)24-4/h6-12H,5,13H2,1-4H3,(H2,20,21,22). The van der Waals surface area contributed by atoms with Gasteiger partial charge in [-0.15, -0.1) is 0 Å². The predicted molar refractivity (Wildman–Crippen MR) is 99.2 cm³/mol. The van der Waals surface area contributed by atoms with E-state index in [0.717, 1.165) is 18.7 Å². The van der Waals surface area contributed by atoms with Crippen LogP contribution in [0.4, 0.5) is 5.69 Å². The average molecular weight is 327 g/mol. The molecule has 0 radical (unpaired) electrons. The van der Waals surface area contributed by atoms with Crippen LogP contribution in [0.2, 0.25) is 0 Å². The van der Waals surface area contributed by atoms with Gasteiger partial charge in [0.2, 0.25) is 0 Å². The van der Waals surface area contributed by atoms with Crippen LogP contribution in [0, 0.1) is 0 Å². The number of aliphatic imine (C=N–C) groups is 1. The van der Waals surface area contributed by atoms with Gasteiger partial charge in [-0.1, -0.05) is 31.2 Å². The Bertz CT molecular complexity index is 699. The molecule has 0 saturated heterocycles. The summed E-state index contributed by atoms with van der Waals surface area (Å²) in [6.07, 6.45) is 1.01. The smallest absolute Gasteiger partial charge is 0.195 e. The van der Waals surface area contributed by atoms with Crippen LogP contribution in [0.3, 0.4) is 0 Å². The SMILES string of the molecule is CCc1ccccc1CNC(=NC)Nc1ccc(OC)c(OC)c1. The third-order valence-electron chi connectivity index (χ3n) is 3.82. The Hall–Kier alpha value is -2.69. The van der Waals surface area contributed by atoms with Crippen molar-refractivity contribution in [3.8, 4) is 11.5 Å². The quantitative estimate of drug-likeness (QED) is 0.630. The molecule has 0 fully saturated rings. The predicted octanol–water partition coefficient (Wildman–Crippen LogP) is 3.45. The lowest BCUT2D eigenvalue weighted by Crippen LogP contribution is -2.30. The van der Waals surface area contributed by atoms with Crippen LogP contribution in [0.25, 0.3) is 0 Å². The number of ether oxygens (including phenoxy) is 2. The normalized spacial score (nSPS) is 11.1. The summed E-state index contributed by atoms with van der Waals surface area (Å²) < 4.78 is 10.6. The third kappa shape index (κ3) is 4.41. The number of nitrogens with zero attached hydrogens (tertiary/aromatic N) is 1. The zero-order chi connectivity index (χ0) is 17.4.